The van der Waals surface area contributed by atoms with Gasteiger partial charge in [-0.15, -0.1) is 0 Å². The van der Waals surface area contributed by atoms with E-state index in [1.54, 1.807) is 37.4 Å². The van der Waals surface area contributed by atoms with Crippen LogP contribution in [0.3, 0.4) is 0 Å². The molecule has 132 valence electrons. The summed E-state index contributed by atoms with van der Waals surface area (Å²) < 4.78 is 23.6. The number of hydrogen-bond acceptors (Lipinski definition) is 4. The number of amides is 2. The minimum Gasteiger partial charge on any atom is -0.497 e. The Morgan fingerprint density at radius 3 is 2.44 bits per heavy atom. The average Bonchev–Trinajstić information content (AvgIpc) is 2.61. The first-order valence-corrected chi connectivity index (χ1v) is 7.55. The molecule has 0 fully saturated rings. The minimum atomic E-state index is -0.546. The predicted molar refractivity (Wildman–Crippen MR) is 91.2 cm³/mol. The van der Waals surface area contributed by atoms with Crippen LogP contribution in [0.25, 0.3) is 0 Å². The van der Waals surface area contributed by atoms with Gasteiger partial charge in [0.1, 0.15) is 5.75 Å². The topological polar surface area (TPSA) is 67.9 Å². The van der Waals surface area contributed by atoms with Gasteiger partial charge in [-0.3, -0.25) is 9.59 Å². The van der Waals surface area contributed by atoms with E-state index < -0.39 is 11.7 Å². The zero-order valence-corrected chi connectivity index (χ0v) is 14.0. The van der Waals surface area contributed by atoms with Crippen molar-refractivity contribution in [1.82, 2.24) is 4.90 Å². The van der Waals surface area contributed by atoms with Crippen LogP contribution in [-0.2, 0) is 9.59 Å². The molecule has 0 aliphatic carbocycles. The second-order valence-electron chi connectivity index (χ2n) is 5.25. The van der Waals surface area contributed by atoms with Crippen molar-refractivity contribution in [2.45, 2.75) is 0 Å². The van der Waals surface area contributed by atoms with Crippen molar-refractivity contribution in [3.8, 4) is 11.5 Å². The number of carbonyl (C=O) groups is 2. The molecule has 2 amide bonds. The summed E-state index contributed by atoms with van der Waals surface area (Å²) in [6.07, 6.45) is 0. The van der Waals surface area contributed by atoms with Crippen molar-refractivity contribution >= 4 is 17.5 Å². The van der Waals surface area contributed by atoms with E-state index in [4.69, 9.17) is 9.47 Å². The molecular weight excluding hydrogens is 327 g/mol. The highest BCUT2D eigenvalue weighted by molar-refractivity contribution is 5.94. The maximum Gasteiger partial charge on any atom is 0.260 e. The van der Waals surface area contributed by atoms with Crippen molar-refractivity contribution in [3.63, 3.8) is 0 Å². The first-order chi connectivity index (χ1) is 12.0. The quantitative estimate of drug-likeness (QED) is 0.835. The highest BCUT2D eigenvalue weighted by Crippen LogP contribution is 2.16. The molecule has 7 heteroatoms. The Bertz CT molecular complexity index is 734. The molecule has 2 aromatic rings. The van der Waals surface area contributed by atoms with Gasteiger partial charge in [0.05, 0.1) is 13.7 Å². The van der Waals surface area contributed by atoms with E-state index in [1.165, 1.54) is 30.1 Å². The minimum absolute atomic E-state index is 0.00747. The number of nitrogens with one attached hydrogen (secondary N) is 1. The average molecular weight is 346 g/mol. The van der Waals surface area contributed by atoms with Crippen molar-refractivity contribution < 1.29 is 23.5 Å². The van der Waals surface area contributed by atoms with Gasteiger partial charge in [0.15, 0.2) is 18.2 Å². The van der Waals surface area contributed by atoms with Gasteiger partial charge in [-0.25, -0.2) is 4.39 Å². The fourth-order valence-corrected chi connectivity index (χ4v) is 1.99. The zero-order chi connectivity index (χ0) is 18.2. The van der Waals surface area contributed by atoms with Crippen LogP contribution in [0, 0.1) is 5.82 Å². The summed E-state index contributed by atoms with van der Waals surface area (Å²) in [7, 11) is 3.03. The number of nitrogens with zero attached hydrogens (tertiary/aromatic N) is 1. The number of likely N-dealkylation sites (N-methyl/N-ethyl adjacent to an activating group) is 1. The first kappa shape index (κ1) is 18.3. The Kier molecular flexibility index (Phi) is 6.33. The van der Waals surface area contributed by atoms with Crippen LogP contribution in [0.15, 0.2) is 48.5 Å². The Hall–Kier alpha value is -3.09. The second kappa shape index (κ2) is 8.68. The molecule has 0 atom stereocenters. The molecular formula is C18H19FN2O4. The van der Waals surface area contributed by atoms with Crippen LogP contribution in [0.4, 0.5) is 10.1 Å². The van der Waals surface area contributed by atoms with Crippen LogP contribution in [-0.4, -0.2) is 44.0 Å². The highest BCUT2D eigenvalue weighted by atomic mass is 19.1. The number of hydrogen-bond donors (Lipinski definition) is 1. The molecule has 0 saturated heterocycles. The van der Waals surface area contributed by atoms with E-state index >= 15 is 0 Å². The van der Waals surface area contributed by atoms with Gasteiger partial charge < -0.3 is 19.7 Å². The molecule has 0 heterocycles. The number of ether oxygens (including phenoxy) is 2. The SMILES string of the molecule is COc1ccc(NC(=O)CN(C)C(=O)COc2ccccc2F)cc1. The molecule has 0 spiro atoms. The molecule has 0 aliphatic heterocycles. The number of anilines is 1. The van der Waals surface area contributed by atoms with Gasteiger partial charge in [0, 0.05) is 12.7 Å². The normalized spacial score (nSPS) is 10.0. The van der Waals surface area contributed by atoms with Crippen LogP contribution >= 0.6 is 0 Å². The molecule has 0 aromatic heterocycles. The Morgan fingerprint density at radius 1 is 1.12 bits per heavy atom. The predicted octanol–water partition coefficient (Wildman–Crippen LogP) is 2.31. The maximum atomic E-state index is 13.4. The Labute approximate surface area is 145 Å². The van der Waals surface area contributed by atoms with E-state index in [2.05, 4.69) is 5.32 Å². The van der Waals surface area contributed by atoms with E-state index in [1.807, 2.05) is 0 Å². The number of para-hydroxylation sites is 1. The van der Waals surface area contributed by atoms with E-state index in [9.17, 15) is 14.0 Å². The maximum absolute atomic E-state index is 13.4. The van der Waals surface area contributed by atoms with Crippen molar-refractivity contribution in [2.75, 3.05) is 32.6 Å². The van der Waals surface area contributed by atoms with Gasteiger partial charge >= 0.3 is 0 Å². The standard InChI is InChI=1S/C18H19FN2O4/c1-21(18(23)12-25-16-6-4-3-5-15(16)19)11-17(22)20-13-7-9-14(24-2)10-8-13/h3-10H,11-12H2,1-2H3,(H,20,22). The van der Waals surface area contributed by atoms with Gasteiger partial charge in [0.2, 0.25) is 5.91 Å². The van der Waals surface area contributed by atoms with Crippen molar-refractivity contribution in [2.24, 2.45) is 0 Å². The molecule has 0 bridgehead atoms. The molecule has 0 aliphatic rings. The monoisotopic (exact) mass is 346 g/mol. The fourth-order valence-electron chi connectivity index (χ4n) is 1.99. The van der Waals surface area contributed by atoms with Crippen LogP contribution in [0.2, 0.25) is 0 Å². The molecule has 0 saturated carbocycles. The summed E-state index contributed by atoms with van der Waals surface area (Å²) in [5.74, 6) is -0.669. The smallest absolute Gasteiger partial charge is 0.260 e. The van der Waals surface area contributed by atoms with Gasteiger partial charge in [-0.1, -0.05) is 12.1 Å². The second-order valence-corrected chi connectivity index (χ2v) is 5.25. The summed E-state index contributed by atoms with van der Waals surface area (Å²) in [6, 6.07) is 12.6. The first-order valence-electron chi connectivity index (χ1n) is 7.55. The number of methoxy groups -OCH3 is 1. The van der Waals surface area contributed by atoms with Crippen LogP contribution < -0.4 is 14.8 Å². The van der Waals surface area contributed by atoms with Crippen LogP contribution in [0.1, 0.15) is 0 Å². The van der Waals surface area contributed by atoms with Gasteiger partial charge in [-0.05, 0) is 36.4 Å². The summed E-state index contributed by atoms with van der Waals surface area (Å²) in [5.41, 5.74) is 0.592. The van der Waals surface area contributed by atoms with E-state index in [0.29, 0.717) is 11.4 Å². The third-order valence-corrected chi connectivity index (χ3v) is 3.37. The van der Waals surface area contributed by atoms with Gasteiger partial charge in [0.25, 0.3) is 5.91 Å². The summed E-state index contributed by atoms with van der Waals surface area (Å²) >= 11 is 0. The highest BCUT2D eigenvalue weighted by Gasteiger charge is 2.14. The molecule has 6 nitrogen and oxygen atoms in total. The third kappa shape index (κ3) is 5.49. The lowest BCUT2D eigenvalue weighted by molar-refractivity contribution is -0.135. The van der Waals surface area contributed by atoms with E-state index in [0.717, 1.165) is 0 Å². The van der Waals surface area contributed by atoms with Crippen molar-refractivity contribution in [1.29, 1.82) is 0 Å². The molecule has 25 heavy (non-hydrogen) atoms. The molecule has 2 rings (SSSR count). The largest absolute Gasteiger partial charge is 0.497 e. The number of halogens is 1. The van der Waals surface area contributed by atoms with Crippen molar-refractivity contribution in [3.05, 3.63) is 54.3 Å². The lowest BCUT2D eigenvalue weighted by Crippen LogP contribution is -2.37. The number of rotatable bonds is 7. The lowest BCUT2D eigenvalue weighted by Gasteiger charge is -2.17. The number of benzene rings is 2. The lowest BCUT2D eigenvalue weighted by atomic mass is 10.3. The molecule has 1 N–H and O–H groups in total. The van der Waals surface area contributed by atoms with Crippen LogP contribution in [0.5, 0.6) is 11.5 Å². The summed E-state index contributed by atoms with van der Waals surface area (Å²) in [5, 5.41) is 2.67. The zero-order valence-electron chi connectivity index (χ0n) is 14.0. The Morgan fingerprint density at radius 2 is 1.80 bits per heavy atom. The van der Waals surface area contributed by atoms with Gasteiger partial charge in [-0.2, -0.15) is 0 Å². The number of carbonyl (C=O) groups excluding carboxylic acids is 2. The summed E-state index contributed by atoms with van der Waals surface area (Å²) in [4.78, 5) is 25.2. The fraction of sp³-hybridized carbons (Fsp3) is 0.222. The summed E-state index contributed by atoms with van der Waals surface area (Å²) in [6.45, 7) is -0.501. The molecule has 2 aromatic carbocycles. The van der Waals surface area contributed by atoms with E-state index in [-0.39, 0.29) is 24.8 Å². The molecule has 0 unspecified atom stereocenters. The Balaban J connectivity index is 1.81. The third-order valence-electron chi connectivity index (χ3n) is 3.37. The molecule has 0 radical (unpaired) electrons.